The molecule has 0 unspecified atom stereocenters. The molecule has 0 amide bonds. The molecule has 2 heteroatoms. The maximum absolute atomic E-state index is 5.54. The average Bonchev–Trinajstić information content (AvgIpc) is 1.88. The van der Waals surface area contributed by atoms with E-state index in [1.165, 1.54) is 12.8 Å². The van der Waals surface area contributed by atoms with Crippen molar-refractivity contribution in [3.8, 4) is 0 Å². The molecule has 3 N–H and O–H groups in total. The highest BCUT2D eigenvalue weighted by molar-refractivity contribution is 4.74. The Morgan fingerprint density at radius 2 is 2.44 bits per heavy atom. The van der Waals surface area contributed by atoms with Crippen LogP contribution in [0.3, 0.4) is 0 Å². The van der Waals surface area contributed by atoms with Gasteiger partial charge in [-0.15, -0.1) is 0 Å². The number of nitrogens with one attached hydrogen (secondary N) is 1. The monoisotopic (exact) mass is 128 g/mol. The molecule has 0 aromatic heterocycles. The van der Waals surface area contributed by atoms with Gasteiger partial charge in [-0.25, -0.2) is 0 Å². The quantitative estimate of drug-likeness (QED) is 0.534. The zero-order valence-electron chi connectivity index (χ0n) is 6.06. The van der Waals surface area contributed by atoms with Gasteiger partial charge < -0.3 is 11.1 Å². The number of hydrogen-bond acceptors (Lipinski definition) is 2. The zero-order chi connectivity index (χ0) is 6.69. The van der Waals surface area contributed by atoms with Crippen LogP contribution in [0.1, 0.15) is 19.8 Å². The van der Waals surface area contributed by atoms with E-state index < -0.39 is 0 Å². The predicted molar refractivity (Wildman–Crippen MR) is 39.2 cm³/mol. The summed E-state index contributed by atoms with van der Waals surface area (Å²) in [7, 11) is 0. The molecule has 2 atom stereocenters. The molecule has 0 bridgehead atoms. The molecule has 0 aliphatic carbocycles. The Hall–Kier alpha value is -0.0800. The summed E-state index contributed by atoms with van der Waals surface area (Å²) in [6.45, 7) is 4.25. The van der Waals surface area contributed by atoms with E-state index >= 15 is 0 Å². The van der Waals surface area contributed by atoms with Crippen LogP contribution in [0, 0.1) is 5.92 Å². The second-order valence-corrected chi connectivity index (χ2v) is 2.98. The van der Waals surface area contributed by atoms with Crippen molar-refractivity contribution in [3.05, 3.63) is 0 Å². The Labute approximate surface area is 56.8 Å². The van der Waals surface area contributed by atoms with Gasteiger partial charge in [0.05, 0.1) is 0 Å². The van der Waals surface area contributed by atoms with Crippen molar-refractivity contribution in [1.82, 2.24) is 5.32 Å². The fraction of sp³-hybridized carbons (Fsp3) is 1.00. The van der Waals surface area contributed by atoms with E-state index in [2.05, 4.69) is 12.2 Å². The molecule has 1 rings (SSSR count). The second kappa shape index (κ2) is 3.18. The number of nitrogens with two attached hydrogens (primary N) is 1. The maximum atomic E-state index is 5.54. The van der Waals surface area contributed by atoms with E-state index in [0.717, 1.165) is 19.0 Å². The van der Waals surface area contributed by atoms with Gasteiger partial charge in [-0.3, -0.25) is 0 Å². The lowest BCUT2D eigenvalue weighted by Gasteiger charge is -2.26. The lowest BCUT2D eigenvalue weighted by atomic mass is 9.94. The number of piperidine rings is 1. The first-order valence-corrected chi connectivity index (χ1v) is 3.76. The molecule has 1 heterocycles. The summed E-state index contributed by atoms with van der Waals surface area (Å²) in [6, 6.07) is 0.687. The van der Waals surface area contributed by atoms with E-state index in [4.69, 9.17) is 5.73 Å². The summed E-state index contributed by atoms with van der Waals surface area (Å²) in [4.78, 5) is 0. The molecular weight excluding hydrogens is 112 g/mol. The van der Waals surface area contributed by atoms with Crippen LogP contribution in [0.4, 0.5) is 0 Å². The molecule has 54 valence electrons. The van der Waals surface area contributed by atoms with Crippen molar-refractivity contribution in [3.63, 3.8) is 0 Å². The molecule has 1 aliphatic heterocycles. The van der Waals surface area contributed by atoms with Gasteiger partial charge in [0.25, 0.3) is 0 Å². The van der Waals surface area contributed by atoms with Gasteiger partial charge in [-0.1, -0.05) is 0 Å². The molecular formula is C7H16N2. The molecule has 0 radical (unpaired) electrons. The minimum absolute atomic E-state index is 0.687. The van der Waals surface area contributed by atoms with Crippen LogP contribution in [-0.4, -0.2) is 19.1 Å². The molecule has 0 spiro atoms. The predicted octanol–water partition coefficient (Wildman–Crippen LogP) is 0.333. The third kappa shape index (κ3) is 1.95. The van der Waals surface area contributed by atoms with E-state index in [1.54, 1.807) is 0 Å². The molecule has 0 aromatic rings. The normalized spacial score (nSPS) is 36.7. The first-order chi connectivity index (χ1) is 4.33. The van der Waals surface area contributed by atoms with Gasteiger partial charge in [0.15, 0.2) is 0 Å². The van der Waals surface area contributed by atoms with Crippen molar-refractivity contribution in [2.24, 2.45) is 11.7 Å². The van der Waals surface area contributed by atoms with Crippen LogP contribution in [0.15, 0.2) is 0 Å². The number of hydrogen-bond donors (Lipinski definition) is 2. The van der Waals surface area contributed by atoms with E-state index in [1.807, 2.05) is 0 Å². The van der Waals surface area contributed by atoms with Crippen LogP contribution in [0.2, 0.25) is 0 Å². The fourth-order valence-electron chi connectivity index (χ4n) is 1.45. The van der Waals surface area contributed by atoms with Gasteiger partial charge in [-0.2, -0.15) is 0 Å². The molecule has 0 aromatic carbocycles. The average molecular weight is 128 g/mol. The summed E-state index contributed by atoms with van der Waals surface area (Å²) < 4.78 is 0. The molecule has 1 fully saturated rings. The Kier molecular flexibility index (Phi) is 2.49. The smallest absolute Gasteiger partial charge is 0.00418 e. The van der Waals surface area contributed by atoms with Crippen LogP contribution in [0.25, 0.3) is 0 Å². The Bertz CT molecular complexity index is 83.0. The van der Waals surface area contributed by atoms with Crippen LogP contribution >= 0.6 is 0 Å². The Morgan fingerprint density at radius 3 is 2.89 bits per heavy atom. The van der Waals surface area contributed by atoms with Crippen molar-refractivity contribution in [1.29, 1.82) is 0 Å². The van der Waals surface area contributed by atoms with Gasteiger partial charge in [0.2, 0.25) is 0 Å². The Morgan fingerprint density at radius 1 is 1.67 bits per heavy atom. The maximum Gasteiger partial charge on any atom is 0.00418 e. The summed E-state index contributed by atoms with van der Waals surface area (Å²) >= 11 is 0. The van der Waals surface area contributed by atoms with E-state index in [0.29, 0.717) is 6.04 Å². The van der Waals surface area contributed by atoms with Crippen LogP contribution < -0.4 is 11.1 Å². The third-order valence-corrected chi connectivity index (χ3v) is 2.07. The van der Waals surface area contributed by atoms with Crippen molar-refractivity contribution >= 4 is 0 Å². The minimum atomic E-state index is 0.687. The summed E-state index contributed by atoms with van der Waals surface area (Å²) in [5.41, 5.74) is 5.54. The standard InChI is InChI=1S/C7H16N2/c1-6-4-7(5-8)2-3-9-6/h6-7,9H,2-5,8H2,1H3/t6-,7+/m0/s1. The SMILES string of the molecule is C[C@H]1C[C@H](CN)CCN1. The first-order valence-electron chi connectivity index (χ1n) is 3.76. The Balaban J connectivity index is 2.23. The summed E-state index contributed by atoms with van der Waals surface area (Å²) in [6.07, 6.45) is 2.53. The molecule has 1 saturated heterocycles. The van der Waals surface area contributed by atoms with E-state index in [9.17, 15) is 0 Å². The van der Waals surface area contributed by atoms with E-state index in [-0.39, 0.29) is 0 Å². The second-order valence-electron chi connectivity index (χ2n) is 2.98. The lowest BCUT2D eigenvalue weighted by Crippen LogP contribution is -2.38. The van der Waals surface area contributed by atoms with Crippen molar-refractivity contribution in [2.75, 3.05) is 13.1 Å². The fourth-order valence-corrected chi connectivity index (χ4v) is 1.45. The highest BCUT2D eigenvalue weighted by Gasteiger charge is 2.15. The van der Waals surface area contributed by atoms with Gasteiger partial charge in [0, 0.05) is 6.04 Å². The van der Waals surface area contributed by atoms with Crippen molar-refractivity contribution < 1.29 is 0 Å². The molecule has 2 nitrogen and oxygen atoms in total. The summed E-state index contributed by atoms with van der Waals surface area (Å²) in [5.74, 6) is 0.779. The third-order valence-electron chi connectivity index (χ3n) is 2.07. The lowest BCUT2D eigenvalue weighted by molar-refractivity contribution is 0.322. The van der Waals surface area contributed by atoms with Crippen LogP contribution in [-0.2, 0) is 0 Å². The molecule has 1 aliphatic rings. The largest absolute Gasteiger partial charge is 0.330 e. The highest BCUT2D eigenvalue weighted by Crippen LogP contribution is 2.13. The zero-order valence-corrected chi connectivity index (χ0v) is 6.06. The van der Waals surface area contributed by atoms with Crippen molar-refractivity contribution in [2.45, 2.75) is 25.8 Å². The van der Waals surface area contributed by atoms with Gasteiger partial charge in [0.1, 0.15) is 0 Å². The molecule has 0 saturated carbocycles. The highest BCUT2D eigenvalue weighted by atomic mass is 14.9. The van der Waals surface area contributed by atoms with Gasteiger partial charge >= 0.3 is 0 Å². The van der Waals surface area contributed by atoms with Gasteiger partial charge in [-0.05, 0) is 38.8 Å². The molecule has 9 heavy (non-hydrogen) atoms. The van der Waals surface area contributed by atoms with Crippen LogP contribution in [0.5, 0.6) is 0 Å². The topological polar surface area (TPSA) is 38.0 Å². The minimum Gasteiger partial charge on any atom is -0.330 e. The summed E-state index contributed by atoms with van der Waals surface area (Å²) in [5, 5.41) is 3.39. The first kappa shape index (κ1) is 7.03. The number of rotatable bonds is 1.